The molecule has 1 atom stereocenters. The Morgan fingerprint density at radius 2 is 2.05 bits per heavy atom. The second-order valence-corrected chi connectivity index (χ2v) is 5.85. The highest BCUT2D eigenvalue weighted by atomic mass is 35.5. The van der Waals surface area contributed by atoms with E-state index in [0.717, 1.165) is 25.8 Å². The first-order valence-electron chi connectivity index (χ1n) is 7.04. The highest BCUT2D eigenvalue weighted by molar-refractivity contribution is 6.34. The van der Waals surface area contributed by atoms with Gasteiger partial charge in [-0.2, -0.15) is 0 Å². The van der Waals surface area contributed by atoms with E-state index in [-0.39, 0.29) is 24.2 Å². The number of carbonyl (C=O) groups excluding carboxylic acids is 2. The molecule has 122 valence electrons. The molecule has 0 saturated carbocycles. The van der Waals surface area contributed by atoms with Crippen LogP contribution in [0.25, 0.3) is 0 Å². The molecule has 1 unspecified atom stereocenters. The van der Waals surface area contributed by atoms with Crippen molar-refractivity contribution in [1.29, 1.82) is 0 Å². The highest BCUT2D eigenvalue weighted by Gasteiger charge is 2.34. The second kappa shape index (κ2) is 7.81. The summed E-state index contributed by atoms with van der Waals surface area (Å²) < 4.78 is 0. The summed E-state index contributed by atoms with van der Waals surface area (Å²) in [4.78, 5) is 24.1. The number of piperidine rings is 1. The molecule has 0 spiro atoms. The summed E-state index contributed by atoms with van der Waals surface area (Å²) in [6.07, 6.45) is 2.92. The summed E-state index contributed by atoms with van der Waals surface area (Å²) in [5.41, 5.74) is 0.348. The Morgan fingerprint density at radius 1 is 1.32 bits per heavy atom. The van der Waals surface area contributed by atoms with Crippen molar-refractivity contribution in [2.75, 3.05) is 18.9 Å². The number of benzene rings is 1. The van der Waals surface area contributed by atoms with Gasteiger partial charge in [-0.3, -0.25) is 9.59 Å². The van der Waals surface area contributed by atoms with E-state index in [9.17, 15) is 9.59 Å². The first-order valence-corrected chi connectivity index (χ1v) is 7.42. The van der Waals surface area contributed by atoms with E-state index in [1.807, 2.05) is 6.92 Å². The second-order valence-electron chi connectivity index (χ2n) is 5.44. The van der Waals surface area contributed by atoms with E-state index in [1.54, 1.807) is 18.2 Å². The van der Waals surface area contributed by atoms with Gasteiger partial charge in [-0.1, -0.05) is 11.6 Å². The fourth-order valence-electron chi connectivity index (χ4n) is 2.43. The third-order valence-corrected chi connectivity index (χ3v) is 4.15. The summed E-state index contributed by atoms with van der Waals surface area (Å²) >= 11 is 6.00. The standard InChI is InChI=1S/C15H20ClN3O2.ClH/c1-15(7-3-4-8-18-15)14(21)19-10-5-6-12(16)11(9-10)13(20)17-2;/h5-6,9,18H,3-4,7-8H2,1-2H3,(H,17,20)(H,19,21);1H. The van der Waals surface area contributed by atoms with Gasteiger partial charge in [0, 0.05) is 12.7 Å². The minimum absolute atomic E-state index is 0. The van der Waals surface area contributed by atoms with E-state index in [4.69, 9.17) is 11.6 Å². The van der Waals surface area contributed by atoms with Crippen LogP contribution in [-0.2, 0) is 4.79 Å². The van der Waals surface area contributed by atoms with Gasteiger partial charge >= 0.3 is 0 Å². The Labute approximate surface area is 141 Å². The van der Waals surface area contributed by atoms with Gasteiger partial charge in [-0.25, -0.2) is 0 Å². The number of rotatable bonds is 3. The number of anilines is 1. The summed E-state index contributed by atoms with van der Waals surface area (Å²) in [6, 6.07) is 4.89. The van der Waals surface area contributed by atoms with Crippen molar-refractivity contribution >= 4 is 41.5 Å². The fraction of sp³-hybridized carbons (Fsp3) is 0.467. The summed E-state index contributed by atoms with van der Waals surface area (Å²) in [6.45, 7) is 2.74. The lowest BCUT2D eigenvalue weighted by atomic mass is 9.90. The molecular formula is C15H21Cl2N3O2. The fourth-order valence-corrected chi connectivity index (χ4v) is 2.63. The third-order valence-electron chi connectivity index (χ3n) is 3.82. The quantitative estimate of drug-likeness (QED) is 0.788. The van der Waals surface area contributed by atoms with Crippen molar-refractivity contribution in [1.82, 2.24) is 10.6 Å². The van der Waals surface area contributed by atoms with Crippen molar-refractivity contribution in [2.45, 2.75) is 31.7 Å². The summed E-state index contributed by atoms with van der Waals surface area (Å²) in [7, 11) is 1.54. The van der Waals surface area contributed by atoms with Gasteiger partial charge in [-0.05, 0) is 50.9 Å². The number of carbonyl (C=O) groups is 2. The molecule has 0 aromatic heterocycles. The van der Waals surface area contributed by atoms with Crippen molar-refractivity contribution in [3.05, 3.63) is 28.8 Å². The van der Waals surface area contributed by atoms with E-state index in [0.29, 0.717) is 16.3 Å². The van der Waals surface area contributed by atoms with Crippen LogP contribution in [0.5, 0.6) is 0 Å². The third kappa shape index (κ3) is 4.12. The minimum Gasteiger partial charge on any atom is -0.355 e. The molecule has 0 aliphatic carbocycles. The van der Waals surface area contributed by atoms with Crippen LogP contribution in [0.1, 0.15) is 36.5 Å². The van der Waals surface area contributed by atoms with Crippen LogP contribution in [0, 0.1) is 0 Å². The first kappa shape index (κ1) is 18.7. The van der Waals surface area contributed by atoms with Gasteiger partial charge in [0.2, 0.25) is 5.91 Å². The zero-order valence-electron chi connectivity index (χ0n) is 12.7. The maximum Gasteiger partial charge on any atom is 0.252 e. The van der Waals surface area contributed by atoms with Crippen molar-refractivity contribution in [3.8, 4) is 0 Å². The van der Waals surface area contributed by atoms with Crippen LogP contribution in [-0.4, -0.2) is 30.9 Å². The first-order chi connectivity index (χ1) is 9.96. The molecule has 1 aliphatic heterocycles. The predicted octanol–water partition coefficient (Wildman–Crippen LogP) is 2.59. The van der Waals surface area contributed by atoms with Crippen LogP contribution in [0.4, 0.5) is 5.69 Å². The molecule has 1 aromatic carbocycles. The van der Waals surface area contributed by atoms with Crippen molar-refractivity contribution in [3.63, 3.8) is 0 Å². The number of hydrogen-bond donors (Lipinski definition) is 3. The van der Waals surface area contributed by atoms with Crippen molar-refractivity contribution in [2.24, 2.45) is 0 Å². The van der Waals surface area contributed by atoms with E-state index in [1.165, 1.54) is 7.05 Å². The molecule has 2 rings (SSSR count). The molecule has 0 radical (unpaired) electrons. The minimum atomic E-state index is -0.564. The van der Waals surface area contributed by atoms with Crippen LogP contribution in [0.15, 0.2) is 18.2 Å². The van der Waals surface area contributed by atoms with Gasteiger partial charge < -0.3 is 16.0 Å². The van der Waals surface area contributed by atoms with Crippen LogP contribution >= 0.6 is 24.0 Å². The Hall–Kier alpha value is -1.30. The topological polar surface area (TPSA) is 70.2 Å². The Bertz CT molecular complexity index is 558. The molecule has 1 fully saturated rings. The predicted molar refractivity (Wildman–Crippen MR) is 91.0 cm³/mol. The Kier molecular flexibility index (Phi) is 6.66. The highest BCUT2D eigenvalue weighted by Crippen LogP contribution is 2.24. The van der Waals surface area contributed by atoms with Crippen LogP contribution < -0.4 is 16.0 Å². The normalized spacial score (nSPS) is 20.7. The molecule has 2 amide bonds. The van der Waals surface area contributed by atoms with Gasteiger partial charge in [0.05, 0.1) is 16.1 Å². The zero-order valence-corrected chi connectivity index (χ0v) is 14.2. The van der Waals surface area contributed by atoms with E-state index < -0.39 is 5.54 Å². The maximum absolute atomic E-state index is 12.4. The maximum atomic E-state index is 12.4. The van der Waals surface area contributed by atoms with Gasteiger partial charge in [0.1, 0.15) is 0 Å². The molecule has 1 aliphatic rings. The SMILES string of the molecule is CNC(=O)c1cc(NC(=O)C2(C)CCCCN2)ccc1Cl.Cl. The molecule has 22 heavy (non-hydrogen) atoms. The number of amides is 2. The lowest BCUT2D eigenvalue weighted by Crippen LogP contribution is -2.54. The van der Waals surface area contributed by atoms with Gasteiger partial charge in [0.25, 0.3) is 5.91 Å². The average molecular weight is 346 g/mol. The lowest BCUT2D eigenvalue weighted by molar-refractivity contribution is -0.122. The molecule has 1 aromatic rings. The summed E-state index contributed by atoms with van der Waals surface area (Å²) in [5, 5.41) is 9.00. The average Bonchev–Trinajstić information content (AvgIpc) is 2.49. The summed E-state index contributed by atoms with van der Waals surface area (Å²) in [5.74, 6) is -0.370. The Morgan fingerprint density at radius 3 is 2.64 bits per heavy atom. The van der Waals surface area contributed by atoms with Crippen LogP contribution in [0.2, 0.25) is 5.02 Å². The molecule has 5 nitrogen and oxygen atoms in total. The molecule has 7 heteroatoms. The largest absolute Gasteiger partial charge is 0.355 e. The van der Waals surface area contributed by atoms with E-state index in [2.05, 4.69) is 16.0 Å². The molecule has 3 N–H and O–H groups in total. The van der Waals surface area contributed by atoms with Crippen LogP contribution in [0.3, 0.4) is 0 Å². The number of halogens is 2. The molecule has 1 heterocycles. The Balaban J connectivity index is 0.00000242. The molecule has 1 saturated heterocycles. The zero-order chi connectivity index (χ0) is 15.5. The van der Waals surface area contributed by atoms with Gasteiger partial charge in [0.15, 0.2) is 0 Å². The molecular weight excluding hydrogens is 325 g/mol. The number of hydrogen-bond acceptors (Lipinski definition) is 3. The molecule has 0 bridgehead atoms. The van der Waals surface area contributed by atoms with E-state index >= 15 is 0 Å². The monoisotopic (exact) mass is 345 g/mol. The van der Waals surface area contributed by atoms with Crippen molar-refractivity contribution < 1.29 is 9.59 Å². The number of nitrogens with one attached hydrogen (secondary N) is 3. The van der Waals surface area contributed by atoms with Gasteiger partial charge in [-0.15, -0.1) is 12.4 Å². The lowest BCUT2D eigenvalue weighted by Gasteiger charge is -2.33. The smallest absolute Gasteiger partial charge is 0.252 e.